The van der Waals surface area contributed by atoms with E-state index in [0.717, 1.165) is 16.9 Å². The second-order valence-corrected chi connectivity index (χ2v) is 10.7. The number of carbonyl (C=O) groups is 5. The van der Waals surface area contributed by atoms with Gasteiger partial charge in [0.15, 0.2) is 0 Å². The fourth-order valence-corrected chi connectivity index (χ4v) is 5.33. The van der Waals surface area contributed by atoms with Crippen LogP contribution in [0.2, 0.25) is 0 Å². The number of benzene rings is 1. The summed E-state index contributed by atoms with van der Waals surface area (Å²) in [6.45, 7) is 3.52. The van der Waals surface area contributed by atoms with Gasteiger partial charge in [0.05, 0.1) is 0 Å². The van der Waals surface area contributed by atoms with E-state index in [2.05, 4.69) is 16.0 Å². The molecule has 3 atom stereocenters. The summed E-state index contributed by atoms with van der Waals surface area (Å²) >= 11 is 1.01. The van der Waals surface area contributed by atoms with E-state index in [0.29, 0.717) is 11.3 Å². The van der Waals surface area contributed by atoms with Crippen LogP contribution in [-0.2, 0) is 32.0 Å². The third-order valence-corrected chi connectivity index (χ3v) is 7.28. The summed E-state index contributed by atoms with van der Waals surface area (Å²) in [4.78, 5) is 61.8. The lowest BCUT2D eigenvalue weighted by Gasteiger charge is -2.32. The van der Waals surface area contributed by atoms with Crippen molar-refractivity contribution >= 4 is 46.6 Å². The Morgan fingerprint density at radius 1 is 1.03 bits per heavy atom. The SMILES string of the molecule is CC(C)C[C@H](NC(=O)[C@@]1(Cc2ccsc2C(=O)O)Cc2ccccc2N1)C(=O)N[C@@H](CC(F)F)C(=O)C(=O)O. The molecule has 0 fully saturated rings. The molecule has 1 aromatic carbocycles. The van der Waals surface area contributed by atoms with Crippen LogP contribution in [0.5, 0.6) is 0 Å². The third kappa shape index (κ3) is 7.16. The lowest BCUT2D eigenvalue weighted by Crippen LogP contribution is -2.60. The number of ketones is 1. The number of carboxylic acids is 2. The maximum Gasteiger partial charge on any atom is 0.374 e. The Kier molecular flexibility index (Phi) is 9.38. The maximum absolute atomic E-state index is 13.9. The molecular weight excluding hydrogens is 536 g/mol. The Morgan fingerprint density at radius 3 is 2.31 bits per heavy atom. The van der Waals surface area contributed by atoms with E-state index in [1.807, 2.05) is 6.07 Å². The Labute approximate surface area is 226 Å². The fourth-order valence-electron chi connectivity index (χ4n) is 4.57. The smallest absolute Gasteiger partial charge is 0.374 e. The Bertz CT molecular complexity index is 1240. The van der Waals surface area contributed by atoms with Gasteiger partial charge in [-0.3, -0.25) is 14.4 Å². The molecule has 1 aliphatic heterocycles. The standard InChI is InChI=1S/C26H29F2N3O7S/c1-13(2)9-18(22(33)29-17(10-19(27)28)20(32)23(34)35)30-25(38)26(11-14-5-3-4-6-16(14)31-26)12-15-7-8-39-21(15)24(36)37/h3-8,13,17-19,31H,9-12H2,1-2H3,(H,29,33)(H,30,38)(H,34,35)(H,36,37)/t17-,18-,26-/m0/s1. The van der Waals surface area contributed by atoms with Crippen molar-refractivity contribution in [2.24, 2.45) is 5.92 Å². The summed E-state index contributed by atoms with van der Waals surface area (Å²) < 4.78 is 26.0. The molecule has 1 aromatic heterocycles. The Balaban J connectivity index is 1.91. The van der Waals surface area contributed by atoms with Crippen molar-refractivity contribution in [3.63, 3.8) is 0 Å². The van der Waals surface area contributed by atoms with Gasteiger partial charge in [-0.2, -0.15) is 0 Å². The number of para-hydroxylation sites is 1. The Morgan fingerprint density at radius 2 is 1.72 bits per heavy atom. The largest absolute Gasteiger partial charge is 0.477 e. The molecule has 0 aliphatic carbocycles. The number of fused-ring (bicyclic) bond motifs is 1. The van der Waals surface area contributed by atoms with Crippen LogP contribution in [-0.4, -0.2) is 63.8 Å². The van der Waals surface area contributed by atoms with Crippen LogP contribution >= 0.6 is 11.3 Å². The molecule has 3 rings (SSSR count). The molecule has 2 heterocycles. The van der Waals surface area contributed by atoms with Crippen molar-refractivity contribution < 1.29 is 43.0 Å². The zero-order chi connectivity index (χ0) is 28.9. The number of aliphatic carboxylic acids is 1. The monoisotopic (exact) mass is 565 g/mol. The highest BCUT2D eigenvalue weighted by molar-refractivity contribution is 7.12. The highest BCUT2D eigenvalue weighted by Crippen LogP contribution is 2.36. The average Bonchev–Trinajstić information content (AvgIpc) is 3.47. The summed E-state index contributed by atoms with van der Waals surface area (Å²) in [5, 5.41) is 28.1. The molecule has 0 saturated carbocycles. The van der Waals surface area contributed by atoms with Gasteiger partial charge in [0.1, 0.15) is 22.5 Å². The van der Waals surface area contributed by atoms with Gasteiger partial charge >= 0.3 is 11.9 Å². The molecule has 13 heteroatoms. The topological polar surface area (TPSA) is 162 Å². The first kappa shape index (κ1) is 29.7. The molecule has 0 saturated heterocycles. The van der Waals surface area contributed by atoms with Gasteiger partial charge in [-0.15, -0.1) is 11.3 Å². The quantitative estimate of drug-likeness (QED) is 0.232. The number of amides is 2. The molecule has 0 radical (unpaired) electrons. The molecule has 39 heavy (non-hydrogen) atoms. The molecule has 210 valence electrons. The van der Waals surface area contributed by atoms with Crippen LogP contribution in [0.25, 0.3) is 0 Å². The molecular formula is C26H29F2N3O7S. The second-order valence-electron chi connectivity index (χ2n) is 9.81. The zero-order valence-electron chi connectivity index (χ0n) is 21.2. The first-order chi connectivity index (χ1) is 18.3. The van der Waals surface area contributed by atoms with Gasteiger partial charge in [-0.05, 0) is 41.0 Å². The number of carboxylic acid groups (broad SMARTS) is 2. The minimum atomic E-state index is -3.06. The lowest BCUT2D eigenvalue weighted by molar-refractivity contribution is -0.151. The summed E-state index contributed by atoms with van der Waals surface area (Å²) in [6, 6.07) is 5.48. The van der Waals surface area contributed by atoms with Gasteiger partial charge in [-0.1, -0.05) is 32.0 Å². The molecule has 2 aromatic rings. The van der Waals surface area contributed by atoms with Crippen molar-refractivity contribution in [1.82, 2.24) is 10.6 Å². The van der Waals surface area contributed by atoms with Crippen molar-refractivity contribution in [1.29, 1.82) is 0 Å². The number of rotatable bonds is 13. The summed E-state index contributed by atoms with van der Waals surface area (Å²) in [5.41, 5.74) is 0.489. The summed E-state index contributed by atoms with van der Waals surface area (Å²) in [6.07, 6.45) is -4.06. The van der Waals surface area contributed by atoms with Crippen LogP contribution in [0.1, 0.15) is 47.5 Å². The van der Waals surface area contributed by atoms with Crippen molar-refractivity contribution in [3.05, 3.63) is 51.7 Å². The van der Waals surface area contributed by atoms with E-state index in [1.54, 1.807) is 43.5 Å². The normalized spacial score (nSPS) is 17.7. The number of Topliss-reactive ketones (excluding diaryl/α,β-unsaturated/α-hetero) is 1. The van der Waals surface area contributed by atoms with E-state index in [9.17, 15) is 37.9 Å². The first-order valence-corrected chi connectivity index (χ1v) is 13.0. The number of carbonyl (C=O) groups excluding carboxylic acids is 3. The van der Waals surface area contributed by atoms with E-state index in [4.69, 9.17) is 5.11 Å². The van der Waals surface area contributed by atoms with Crippen LogP contribution in [0.15, 0.2) is 35.7 Å². The van der Waals surface area contributed by atoms with Crippen molar-refractivity contribution in [3.8, 4) is 0 Å². The molecule has 10 nitrogen and oxygen atoms in total. The van der Waals surface area contributed by atoms with Crippen LogP contribution in [0.4, 0.5) is 14.5 Å². The molecule has 0 bridgehead atoms. The maximum atomic E-state index is 13.9. The first-order valence-electron chi connectivity index (χ1n) is 12.2. The van der Waals surface area contributed by atoms with Crippen molar-refractivity contribution in [2.75, 3.05) is 5.32 Å². The van der Waals surface area contributed by atoms with Crippen molar-refractivity contribution in [2.45, 2.75) is 63.6 Å². The highest BCUT2D eigenvalue weighted by atomic mass is 32.1. The predicted octanol–water partition coefficient (Wildman–Crippen LogP) is 2.72. The van der Waals surface area contributed by atoms with E-state index >= 15 is 0 Å². The molecule has 0 unspecified atom stereocenters. The minimum absolute atomic E-state index is 0.0276. The van der Waals surface area contributed by atoms with E-state index in [-0.39, 0.29) is 30.1 Å². The highest BCUT2D eigenvalue weighted by Gasteiger charge is 2.46. The van der Waals surface area contributed by atoms with Gasteiger partial charge in [0, 0.05) is 24.9 Å². The number of anilines is 1. The number of hydrogen-bond acceptors (Lipinski definition) is 7. The number of alkyl halides is 2. The second kappa shape index (κ2) is 12.3. The van der Waals surface area contributed by atoms with Crippen LogP contribution < -0.4 is 16.0 Å². The Hall–Kier alpha value is -3.87. The van der Waals surface area contributed by atoms with E-state index < -0.39 is 60.0 Å². The van der Waals surface area contributed by atoms with Gasteiger partial charge in [0.25, 0.3) is 5.78 Å². The number of hydrogen-bond donors (Lipinski definition) is 5. The van der Waals surface area contributed by atoms with Crippen LogP contribution in [0, 0.1) is 5.92 Å². The summed E-state index contributed by atoms with van der Waals surface area (Å²) in [5.74, 6) is -6.49. The average molecular weight is 566 g/mol. The number of halogens is 2. The van der Waals surface area contributed by atoms with Gasteiger partial charge in [0.2, 0.25) is 18.2 Å². The van der Waals surface area contributed by atoms with Gasteiger partial charge < -0.3 is 26.2 Å². The zero-order valence-corrected chi connectivity index (χ0v) is 22.0. The molecule has 2 amide bonds. The molecule has 1 aliphatic rings. The van der Waals surface area contributed by atoms with Gasteiger partial charge in [-0.25, -0.2) is 18.4 Å². The van der Waals surface area contributed by atoms with Crippen LogP contribution in [0.3, 0.4) is 0 Å². The fraction of sp³-hybridized carbons (Fsp3) is 0.423. The predicted molar refractivity (Wildman–Crippen MR) is 138 cm³/mol. The molecule has 5 N–H and O–H groups in total. The minimum Gasteiger partial charge on any atom is -0.477 e. The number of aromatic carboxylic acids is 1. The van der Waals surface area contributed by atoms with E-state index in [1.165, 1.54) is 0 Å². The third-order valence-electron chi connectivity index (χ3n) is 6.34. The lowest BCUT2D eigenvalue weighted by atomic mass is 9.86. The molecule has 0 spiro atoms. The number of nitrogens with one attached hydrogen (secondary N) is 3. The summed E-state index contributed by atoms with van der Waals surface area (Å²) in [7, 11) is 0. The number of thiophene rings is 1.